The second-order valence-corrected chi connectivity index (χ2v) is 4.89. The molecule has 1 aliphatic rings. The van der Waals surface area contributed by atoms with Gasteiger partial charge in [-0.1, -0.05) is 18.6 Å². The molecule has 0 radical (unpaired) electrons. The third-order valence-electron chi connectivity index (χ3n) is 3.43. The lowest BCUT2D eigenvalue weighted by Gasteiger charge is -2.16. The van der Waals surface area contributed by atoms with Crippen molar-refractivity contribution in [2.24, 2.45) is 11.7 Å². The largest absolute Gasteiger partial charge is 0.341 e. The first-order valence-electron chi connectivity index (χ1n) is 6.59. The molecule has 2 rings (SSSR count). The lowest BCUT2D eigenvalue weighted by molar-refractivity contribution is -0.131. The standard InChI is InChI=1S/C12H21N5O/c1-2-3-10-4-5-16(7-10)12(18)9-17-8-11(6-13)14-15-17/h8,10H,2-7,9,13H2,1H3. The summed E-state index contributed by atoms with van der Waals surface area (Å²) in [5.41, 5.74) is 6.17. The molecule has 1 aliphatic heterocycles. The van der Waals surface area contributed by atoms with Crippen molar-refractivity contribution in [1.29, 1.82) is 0 Å². The molecule has 1 unspecified atom stereocenters. The van der Waals surface area contributed by atoms with Gasteiger partial charge < -0.3 is 10.6 Å². The Morgan fingerprint density at radius 3 is 3.11 bits per heavy atom. The van der Waals surface area contributed by atoms with E-state index in [0.717, 1.165) is 19.5 Å². The van der Waals surface area contributed by atoms with Gasteiger partial charge in [-0.05, 0) is 18.8 Å². The summed E-state index contributed by atoms with van der Waals surface area (Å²) < 4.78 is 1.57. The minimum absolute atomic E-state index is 0.127. The molecule has 1 amide bonds. The van der Waals surface area contributed by atoms with Crippen molar-refractivity contribution in [3.05, 3.63) is 11.9 Å². The van der Waals surface area contributed by atoms with Crippen molar-refractivity contribution in [2.75, 3.05) is 13.1 Å². The molecule has 0 aromatic carbocycles. The van der Waals surface area contributed by atoms with Crippen LogP contribution in [0.1, 0.15) is 31.9 Å². The summed E-state index contributed by atoms with van der Waals surface area (Å²) in [6, 6.07) is 0. The van der Waals surface area contributed by atoms with Gasteiger partial charge in [-0.3, -0.25) is 4.79 Å². The highest BCUT2D eigenvalue weighted by molar-refractivity contribution is 5.76. The molecule has 1 saturated heterocycles. The summed E-state index contributed by atoms with van der Waals surface area (Å²) in [4.78, 5) is 14.0. The van der Waals surface area contributed by atoms with Crippen molar-refractivity contribution in [3.63, 3.8) is 0 Å². The number of nitrogens with two attached hydrogens (primary N) is 1. The van der Waals surface area contributed by atoms with E-state index in [0.29, 0.717) is 18.2 Å². The van der Waals surface area contributed by atoms with Gasteiger partial charge in [0, 0.05) is 19.6 Å². The van der Waals surface area contributed by atoms with Crippen molar-refractivity contribution >= 4 is 5.91 Å². The molecule has 2 heterocycles. The summed E-state index contributed by atoms with van der Waals surface area (Å²) in [5.74, 6) is 0.802. The Morgan fingerprint density at radius 2 is 2.44 bits per heavy atom. The lowest BCUT2D eigenvalue weighted by Crippen LogP contribution is -2.32. The van der Waals surface area contributed by atoms with Gasteiger partial charge in [0.25, 0.3) is 0 Å². The van der Waals surface area contributed by atoms with Gasteiger partial charge in [0.15, 0.2) is 0 Å². The van der Waals surface area contributed by atoms with Crippen molar-refractivity contribution < 1.29 is 4.79 Å². The summed E-state index contributed by atoms with van der Waals surface area (Å²) >= 11 is 0. The molecule has 1 aromatic heterocycles. The third-order valence-corrected chi connectivity index (χ3v) is 3.43. The van der Waals surface area contributed by atoms with E-state index in [-0.39, 0.29) is 12.5 Å². The first-order chi connectivity index (χ1) is 8.72. The summed E-state index contributed by atoms with van der Waals surface area (Å²) in [6.07, 6.45) is 5.27. The third kappa shape index (κ3) is 3.07. The number of nitrogens with zero attached hydrogens (tertiary/aromatic N) is 4. The van der Waals surface area contributed by atoms with Crippen LogP contribution in [0.15, 0.2) is 6.20 Å². The number of carbonyl (C=O) groups excluding carboxylic acids is 1. The number of carbonyl (C=O) groups is 1. The van der Waals surface area contributed by atoms with Crippen molar-refractivity contribution in [1.82, 2.24) is 19.9 Å². The first kappa shape index (κ1) is 13.0. The van der Waals surface area contributed by atoms with E-state index in [1.54, 1.807) is 10.9 Å². The minimum atomic E-state index is 0.127. The molecule has 0 saturated carbocycles. The summed E-state index contributed by atoms with van der Waals surface area (Å²) in [5, 5.41) is 7.77. The molecular weight excluding hydrogens is 230 g/mol. The van der Waals surface area contributed by atoms with Crippen LogP contribution in [-0.4, -0.2) is 38.9 Å². The molecule has 0 aliphatic carbocycles. The number of rotatable bonds is 5. The molecule has 1 aromatic rings. The maximum Gasteiger partial charge on any atom is 0.244 e. The minimum Gasteiger partial charge on any atom is -0.341 e. The average Bonchev–Trinajstić information content (AvgIpc) is 2.98. The smallest absolute Gasteiger partial charge is 0.244 e. The molecule has 1 fully saturated rings. The summed E-state index contributed by atoms with van der Waals surface area (Å²) in [6.45, 7) is 4.59. The van der Waals surface area contributed by atoms with Gasteiger partial charge in [0.1, 0.15) is 6.54 Å². The van der Waals surface area contributed by atoms with Gasteiger partial charge in [-0.2, -0.15) is 0 Å². The molecule has 100 valence electrons. The number of hydrogen-bond donors (Lipinski definition) is 1. The van der Waals surface area contributed by atoms with Crippen LogP contribution in [0.4, 0.5) is 0 Å². The fourth-order valence-electron chi connectivity index (χ4n) is 2.45. The predicted octanol–water partition coefficient (Wildman–Crippen LogP) is 0.385. The van der Waals surface area contributed by atoms with Crippen LogP contribution >= 0.6 is 0 Å². The highest BCUT2D eigenvalue weighted by Crippen LogP contribution is 2.20. The molecular formula is C12H21N5O. The zero-order valence-corrected chi connectivity index (χ0v) is 10.9. The first-order valence-corrected chi connectivity index (χ1v) is 6.59. The Kier molecular flexibility index (Phi) is 4.30. The van der Waals surface area contributed by atoms with Gasteiger partial charge in [-0.25, -0.2) is 4.68 Å². The van der Waals surface area contributed by atoms with E-state index in [1.807, 2.05) is 4.90 Å². The molecule has 1 atom stereocenters. The second-order valence-electron chi connectivity index (χ2n) is 4.89. The maximum absolute atomic E-state index is 12.1. The van der Waals surface area contributed by atoms with Crippen LogP contribution < -0.4 is 5.73 Å². The van der Waals surface area contributed by atoms with Crippen LogP contribution in [0.2, 0.25) is 0 Å². The normalized spacial score (nSPS) is 19.4. The Balaban J connectivity index is 1.85. The second kappa shape index (κ2) is 5.95. The predicted molar refractivity (Wildman–Crippen MR) is 67.5 cm³/mol. The maximum atomic E-state index is 12.1. The molecule has 18 heavy (non-hydrogen) atoms. The molecule has 2 N–H and O–H groups in total. The number of hydrogen-bond acceptors (Lipinski definition) is 4. The van der Waals surface area contributed by atoms with Crippen LogP contribution in [0, 0.1) is 5.92 Å². The fourth-order valence-corrected chi connectivity index (χ4v) is 2.45. The lowest BCUT2D eigenvalue weighted by atomic mass is 10.0. The Hall–Kier alpha value is -1.43. The Morgan fingerprint density at radius 1 is 1.61 bits per heavy atom. The topological polar surface area (TPSA) is 77.0 Å². The Bertz CT molecular complexity index is 403. The fraction of sp³-hybridized carbons (Fsp3) is 0.750. The van der Waals surface area contributed by atoms with E-state index < -0.39 is 0 Å². The SMILES string of the molecule is CCCC1CCN(C(=O)Cn2cc(CN)nn2)C1. The van der Waals surface area contributed by atoms with Gasteiger partial charge in [-0.15, -0.1) is 5.10 Å². The van der Waals surface area contributed by atoms with E-state index in [2.05, 4.69) is 17.2 Å². The van der Waals surface area contributed by atoms with E-state index in [4.69, 9.17) is 5.73 Å². The van der Waals surface area contributed by atoms with Crippen molar-refractivity contribution in [3.8, 4) is 0 Å². The van der Waals surface area contributed by atoms with Gasteiger partial charge >= 0.3 is 0 Å². The van der Waals surface area contributed by atoms with Crippen LogP contribution in [0.5, 0.6) is 0 Å². The molecule has 0 spiro atoms. The van der Waals surface area contributed by atoms with Crippen molar-refractivity contribution in [2.45, 2.75) is 39.3 Å². The quantitative estimate of drug-likeness (QED) is 0.821. The molecule has 6 nitrogen and oxygen atoms in total. The zero-order valence-electron chi connectivity index (χ0n) is 10.9. The highest BCUT2D eigenvalue weighted by atomic mass is 16.2. The average molecular weight is 251 g/mol. The monoisotopic (exact) mass is 251 g/mol. The van der Waals surface area contributed by atoms with E-state index in [9.17, 15) is 4.79 Å². The number of likely N-dealkylation sites (tertiary alicyclic amines) is 1. The Labute approximate surface area is 107 Å². The zero-order chi connectivity index (χ0) is 13.0. The van der Waals surface area contributed by atoms with Crippen LogP contribution in [0.3, 0.4) is 0 Å². The number of amides is 1. The molecule has 0 bridgehead atoms. The van der Waals surface area contributed by atoms with Gasteiger partial charge in [0.2, 0.25) is 5.91 Å². The van der Waals surface area contributed by atoms with Crippen LogP contribution in [0.25, 0.3) is 0 Å². The van der Waals surface area contributed by atoms with E-state index in [1.165, 1.54) is 12.8 Å². The summed E-state index contributed by atoms with van der Waals surface area (Å²) in [7, 11) is 0. The molecule has 6 heteroatoms. The number of aromatic nitrogens is 3. The van der Waals surface area contributed by atoms with E-state index >= 15 is 0 Å². The highest BCUT2D eigenvalue weighted by Gasteiger charge is 2.25. The van der Waals surface area contributed by atoms with Crippen LogP contribution in [-0.2, 0) is 17.9 Å². The van der Waals surface area contributed by atoms with Gasteiger partial charge in [0.05, 0.1) is 11.9 Å².